The molecule has 2 N–H and O–H groups in total. The Morgan fingerprint density at radius 1 is 1.24 bits per heavy atom. The van der Waals surface area contributed by atoms with Crippen molar-refractivity contribution in [1.82, 2.24) is 4.98 Å². The summed E-state index contributed by atoms with van der Waals surface area (Å²) in [4.78, 5) is 19.0. The van der Waals surface area contributed by atoms with E-state index < -0.39 is 18.0 Å². The molecule has 0 unspecified atom stereocenters. The first kappa shape index (κ1) is 22.7. The average Bonchev–Trinajstić information content (AvgIpc) is 2.78. The highest BCUT2D eigenvalue weighted by Gasteiger charge is 2.31. The van der Waals surface area contributed by atoms with Gasteiger partial charge in [0.05, 0.1) is 29.4 Å². The minimum absolute atomic E-state index is 0.194. The number of carbonyl (C=O) groups excluding carboxylic acids is 1. The smallest absolute Gasteiger partial charge is 0.489 e. The third-order valence-corrected chi connectivity index (χ3v) is 5.03. The van der Waals surface area contributed by atoms with Gasteiger partial charge in [0.2, 0.25) is 0 Å². The first-order chi connectivity index (χ1) is 15.7. The van der Waals surface area contributed by atoms with Gasteiger partial charge in [0.1, 0.15) is 12.4 Å². The summed E-state index contributed by atoms with van der Waals surface area (Å²) in [5.41, 5.74) is 1.66. The van der Waals surface area contributed by atoms with Gasteiger partial charge in [-0.1, -0.05) is 17.7 Å². The first-order valence-corrected chi connectivity index (χ1v) is 10.1. The van der Waals surface area contributed by atoms with Crippen molar-refractivity contribution in [2.75, 3.05) is 23.4 Å². The van der Waals surface area contributed by atoms with Crippen molar-refractivity contribution >= 4 is 34.7 Å². The summed E-state index contributed by atoms with van der Waals surface area (Å²) in [6.07, 6.45) is -3.29. The topological polar surface area (TPSA) is 83.9 Å². The molecule has 172 valence electrons. The third-order valence-electron chi connectivity index (χ3n) is 4.75. The molecule has 0 atom stereocenters. The van der Waals surface area contributed by atoms with Gasteiger partial charge in [-0.2, -0.15) is 0 Å². The molecule has 0 fully saturated rings. The maximum Gasteiger partial charge on any atom is 0.573 e. The number of anilines is 3. The Morgan fingerprint density at radius 3 is 2.67 bits per heavy atom. The molecule has 0 bridgehead atoms. The van der Waals surface area contributed by atoms with Crippen LogP contribution in [0.1, 0.15) is 15.9 Å². The summed E-state index contributed by atoms with van der Waals surface area (Å²) >= 11 is 6.35. The summed E-state index contributed by atoms with van der Waals surface area (Å²) in [5, 5.41) is 12.2. The van der Waals surface area contributed by atoms with Crippen LogP contribution in [-0.4, -0.2) is 35.5 Å². The van der Waals surface area contributed by atoms with Crippen LogP contribution in [0.3, 0.4) is 0 Å². The molecule has 2 aromatic carbocycles. The van der Waals surface area contributed by atoms with Crippen LogP contribution in [0, 0.1) is 0 Å². The Balaban J connectivity index is 1.58. The normalized spacial score (nSPS) is 13.2. The molecule has 4 rings (SSSR count). The number of aliphatic hydroxyl groups excluding tert-OH is 1. The van der Waals surface area contributed by atoms with E-state index in [2.05, 4.69) is 15.0 Å². The Bertz CT molecular complexity index is 1170. The lowest BCUT2D eigenvalue weighted by atomic mass is 10.1. The Morgan fingerprint density at radius 2 is 2.00 bits per heavy atom. The van der Waals surface area contributed by atoms with Crippen LogP contribution in [0.4, 0.5) is 30.4 Å². The highest BCUT2D eigenvalue weighted by atomic mass is 35.5. The number of aliphatic hydroxyl groups is 1. The van der Waals surface area contributed by atoms with E-state index in [1.165, 1.54) is 18.3 Å². The molecule has 0 saturated carbocycles. The molecular weight excluding hydrogens is 463 g/mol. The maximum atomic E-state index is 12.9. The molecule has 3 aromatic rings. The molecule has 2 heterocycles. The summed E-state index contributed by atoms with van der Waals surface area (Å²) < 4.78 is 46.5. The fraction of sp³-hybridized carbons (Fsp3) is 0.182. The number of para-hydroxylation sites is 1. The van der Waals surface area contributed by atoms with Crippen LogP contribution in [0.5, 0.6) is 11.5 Å². The zero-order chi connectivity index (χ0) is 23.6. The Hall–Kier alpha value is -3.50. The quantitative estimate of drug-likeness (QED) is 0.541. The lowest BCUT2D eigenvalue weighted by molar-refractivity contribution is -0.274. The number of rotatable bonds is 5. The Kier molecular flexibility index (Phi) is 6.30. The minimum Gasteiger partial charge on any atom is -0.489 e. The zero-order valence-electron chi connectivity index (χ0n) is 16.9. The van der Waals surface area contributed by atoms with E-state index in [9.17, 15) is 23.1 Å². The number of fused-ring (bicyclic) bond motifs is 1. The fourth-order valence-corrected chi connectivity index (χ4v) is 3.63. The highest BCUT2D eigenvalue weighted by Crippen LogP contribution is 2.41. The molecule has 0 spiro atoms. The molecule has 0 radical (unpaired) electrons. The molecule has 1 amide bonds. The second-order valence-corrected chi connectivity index (χ2v) is 7.39. The van der Waals surface area contributed by atoms with E-state index in [0.717, 1.165) is 12.1 Å². The van der Waals surface area contributed by atoms with Gasteiger partial charge in [-0.3, -0.25) is 4.79 Å². The standard InChI is InChI=1S/C22H17ClF3N3O4/c23-17-10-13(12-30)11-27-20(17)29-8-9-32-19-16(2-1-3-18(19)29)21(31)28-14-4-6-15(7-5-14)33-22(24,25)26/h1-7,10-11,30H,8-9,12H2,(H,28,31). The number of hydrogen-bond acceptors (Lipinski definition) is 6. The summed E-state index contributed by atoms with van der Waals surface area (Å²) in [6.45, 7) is 0.505. The number of alkyl halides is 3. The molecule has 33 heavy (non-hydrogen) atoms. The second kappa shape index (κ2) is 9.16. The monoisotopic (exact) mass is 479 g/mol. The molecule has 7 nitrogen and oxygen atoms in total. The van der Waals surface area contributed by atoms with Crippen molar-refractivity contribution in [2.45, 2.75) is 13.0 Å². The van der Waals surface area contributed by atoms with E-state index in [-0.39, 0.29) is 24.5 Å². The van der Waals surface area contributed by atoms with E-state index in [1.54, 1.807) is 24.3 Å². The van der Waals surface area contributed by atoms with Crippen molar-refractivity contribution in [1.29, 1.82) is 0 Å². The zero-order valence-corrected chi connectivity index (χ0v) is 17.7. The number of benzene rings is 2. The SMILES string of the molecule is O=C(Nc1ccc(OC(F)(F)F)cc1)c1cccc2c1OCCN2c1ncc(CO)cc1Cl. The van der Waals surface area contributed by atoms with Gasteiger partial charge in [0.25, 0.3) is 5.91 Å². The molecule has 1 aliphatic heterocycles. The van der Waals surface area contributed by atoms with Crippen LogP contribution in [0.2, 0.25) is 5.02 Å². The number of amides is 1. The molecular formula is C22H17ClF3N3O4. The number of hydrogen-bond donors (Lipinski definition) is 2. The van der Waals surface area contributed by atoms with Gasteiger partial charge < -0.3 is 24.8 Å². The number of ether oxygens (including phenoxy) is 2. The second-order valence-electron chi connectivity index (χ2n) is 6.99. The van der Waals surface area contributed by atoms with Crippen LogP contribution in [0.25, 0.3) is 0 Å². The molecule has 1 aliphatic rings. The molecule has 1 aromatic heterocycles. The molecule has 11 heteroatoms. The van der Waals surface area contributed by atoms with Gasteiger partial charge in [-0.25, -0.2) is 4.98 Å². The Labute approximate surface area is 191 Å². The summed E-state index contributed by atoms with van der Waals surface area (Å²) in [5.74, 6) is -0.125. The van der Waals surface area contributed by atoms with Crippen LogP contribution < -0.4 is 19.7 Å². The third kappa shape index (κ3) is 5.12. The van der Waals surface area contributed by atoms with Crippen LogP contribution in [-0.2, 0) is 6.61 Å². The van der Waals surface area contributed by atoms with Gasteiger partial charge in [-0.15, -0.1) is 13.2 Å². The number of pyridine rings is 1. The van der Waals surface area contributed by atoms with Gasteiger partial charge >= 0.3 is 6.36 Å². The average molecular weight is 480 g/mol. The van der Waals surface area contributed by atoms with Crippen LogP contribution >= 0.6 is 11.6 Å². The predicted molar refractivity (Wildman–Crippen MR) is 115 cm³/mol. The number of nitrogens with zero attached hydrogens (tertiary/aromatic N) is 2. The molecule has 0 saturated heterocycles. The number of carbonyl (C=O) groups is 1. The van der Waals surface area contributed by atoms with Crippen molar-refractivity contribution in [2.24, 2.45) is 0 Å². The van der Waals surface area contributed by atoms with Crippen LogP contribution in [0.15, 0.2) is 54.7 Å². The maximum absolute atomic E-state index is 12.9. The van der Waals surface area contributed by atoms with Crippen molar-refractivity contribution in [3.63, 3.8) is 0 Å². The first-order valence-electron chi connectivity index (χ1n) is 9.71. The fourth-order valence-electron chi connectivity index (χ4n) is 3.34. The van der Waals surface area contributed by atoms with Crippen molar-refractivity contribution in [3.05, 3.63) is 70.9 Å². The number of halogens is 4. The van der Waals surface area contributed by atoms with Gasteiger partial charge in [0, 0.05) is 11.9 Å². The summed E-state index contributed by atoms with van der Waals surface area (Å²) in [7, 11) is 0. The van der Waals surface area contributed by atoms with Crippen molar-refractivity contribution < 1.29 is 32.5 Å². The predicted octanol–water partition coefficient (Wildman–Crippen LogP) is 4.91. The highest BCUT2D eigenvalue weighted by molar-refractivity contribution is 6.33. The van der Waals surface area contributed by atoms with E-state index in [4.69, 9.17) is 16.3 Å². The number of aromatic nitrogens is 1. The minimum atomic E-state index is -4.80. The van der Waals surface area contributed by atoms with Gasteiger partial charge in [-0.05, 0) is 48.0 Å². The summed E-state index contributed by atoms with van der Waals surface area (Å²) in [6, 6.07) is 11.4. The largest absolute Gasteiger partial charge is 0.573 e. The van der Waals surface area contributed by atoms with E-state index >= 15 is 0 Å². The lowest BCUT2D eigenvalue weighted by Crippen LogP contribution is -2.31. The van der Waals surface area contributed by atoms with Gasteiger partial charge in [0.15, 0.2) is 11.6 Å². The molecule has 0 aliphatic carbocycles. The van der Waals surface area contributed by atoms with E-state index in [0.29, 0.717) is 34.4 Å². The van der Waals surface area contributed by atoms with Crippen molar-refractivity contribution in [3.8, 4) is 11.5 Å². The van der Waals surface area contributed by atoms with E-state index in [1.807, 2.05) is 4.90 Å². The number of nitrogens with one attached hydrogen (secondary N) is 1. The lowest BCUT2D eigenvalue weighted by Gasteiger charge is -2.32.